The van der Waals surface area contributed by atoms with E-state index in [1.165, 1.54) is 0 Å². The number of amides is 2. The van der Waals surface area contributed by atoms with E-state index in [4.69, 9.17) is 20.8 Å². The van der Waals surface area contributed by atoms with E-state index in [2.05, 4.69) is 5.32 Å². The molecule has 3 aromatic rings. The van der Waals surface area contributed by atoms with Crippen LogP contribution in [-0.4, -0.2) is 30.1 Å². The first-order valence-electron chi connectivity index (χ1n) is 8.09. The number of ether oxygens (including phenoxy) is 1. The molecule has 2 amide bonds. The second kappa shape index (κ2) is 6.72. The first kappa shape index (κ1) is 16.5. The Morgan fingerprint density at radius 2 is 1.96 bits per heavy atom. The van der Waals surface area contributed by atoms with E-state index < -0.39 is 0 Å². The van der Waals surface area contributed by atoms with Crippen LogP contribution < -0.4 is 5.32 Å². The molecule has 0 atom stereocenters. The normalized spacial score (nSPS) is 13.9. The number of carbonyl (C=O) groups is 2. The number of rotatable bonds is 4. The average Bonchev–Trinajstić information content (AvgIpc) is 3.22. The number of furan rings is 1. The van der Waals surface area contributed by atoms with Crippen molar-refractivity contribution in [2.75, 3.05) is 18.5 Å². The van der Waals surface area contributed by atoms with Gasteiger partial charge in [-0.2, -0.15) is 0 Å². The lowest BCUT2D eigenvalue weighted by atomic mass is 10.2. The summed E-state index contributed by atoms with van der Waals surface area (Å²) in [6.45, 7) is 1.50. The van der Waals surface area contributed by atoms with Crippen molar-refractivity contribution in [1.29, 1.82) is 0 Å². The Hall–Kier alpha value is -2.99. The molecule has 2 heterocycles. The van der Waals surface area contributed by atoms with Gasteiger partial charge in [-0.1, -0.05) is 23.7 Å². The molecule has 4 rings (SSSR count). The summed E-state index contributed by atoms with van der Waals surface area (Å²) in [6.07, 6.45) is -0.299. The summed E-state index contributed by atoms with van der Waals surface area (Å²) in [6, 6.07) is 14.1. The summed E-state index contributed by atoms with van der Waals surface area (Å²) < 4.78 is 10.5. The highest BCUT2D eigenvalue weighted by Gasteiger charge is 2.21. The van der Waals surface area contributed by atoms with Crippen molar-refractivity contribution < 1.29 is 18.7 Å². The third kappa shape index (κ3) is 3.36. The third-order valence-electron chi connectivity index (χ3n) is 4.13. The highest BCUT2D eigenvalue weighted by Crippen LogP contribution is 2.24. The molecule has 1 N–H and O–H groups in total. The number of benzene rings is 2. The Bertz CT molecular complexity index is 981. The van der Waals surface area contributed by atoms with Gasteiger partial charge in [-0.15, -0.1) is 0 Å². The fraction of sp³-hybridized carbons (Fsp3) is 0.158. The molecule has 0 aliphatic carbocycles. The zero-order valence-corrected chi connectivity index (χ0v) is 14.5. The predicted octanol–water partition coefficient (Wildman–Crippen LogP) is 4.29. The molecule has 1 aliphatic rings. The number of fused-ring (bicyclic) bond motifs is 1. The molecule has 0 spiro atoms. The van der Waals surface area contributed by atoms with Gasteiger partial charge < -0.3 is 19.4 Å². The van der Waals surface area contributed by atoms with E-state index in [1.807, 2.05) is 12.1 Å². The smallest absolute Gasteiger partial charge is 0.410 e. The molecular formula is C19H15ClN2O4. The highest BCUT2D eigenvalue weighted by molar-refractivity contribution is 6.31. The molecule has 26 heavy (non-hydrogen) atoms. The van der Waals surface area contributed by atoms with Crippen LogP contribution in [-0.2, 0) is 11.3 Å². The fourth-order valence-corrected chi connectivity index (χ4v) is 2.98. The number of halogens is 1. The zero-order chi connectivity index (χ0) is 18.1. The van der Waals surface area contributed by atoms with Crippen molar-refractivity contribution in [3.8, 4) is 0 Å². The molecule has 132 valence electrons. The Kier molecular flexibility index (Phi) is 4.26. The molecule has 0 saturated carbocycles. The van der Waals surface area contributed by atoms with Gasteiger partial charge >= 0.3 is 6.09 Å². The van der Waals surface area contributed by atoms with Gasteiger partial charge in [0.2, 0.25) is 0 Å². The van der Waals surface area contributed by atoms with Crippen LogP contribution in [0.25, 0.3) is 11.0 Å². The number of cyclic esters (lactones) is 1. The van der Waals surface area contributed by atoms with Crippen molar-refractivity contribution in [3.63, 3.8) is 0 Å². The van der Waals surface area contributed by atoms with Crippen LogP contribution in [0.5, 0.6) is 0 Å². The number of anilines is 1. The minimum atomic E-state index is -0.340. The lowest BCUT2D eigenvalue weighted by Crippen LogP contribution is -2.23. The number of nitrogens with zero attached hydrogens (tertiary/aromatic N) is 1. The van der Waals surface area contributed by atoms with E-state index in [1.54, 1.807) is 41.3 Å². The molecule has 0 unspecified atom stereocenters. The summed E-state index contributed by atoms with van der Waals surface area (Å²) in [7, 11) is 0. The first-order valence-corrected chi connectivity index (χ1v) is 8.47. The number of hydrogen-bond acceptors (Lipinski definition) is 4. The molecule has 1 saturated heterocycles. The maximum atomic E-state index is 12.4. The van der Waals surface area contributed by atoms with Crippen molar-refractivity contribution in [3.05, 3.63) is 64.9 Å². The molecule has 1 aliphatic heterocycles. The van der Waals surface area contributed by atoms with E-state index >= 15 is 0 Å². The molecule has 0 bridgehead atoms. The predicted molar refractivity (Wildman–Crippen MR) is 97.4 cm³/mol. The van der Waals surface area contributed by atoms with Gasteiger partial charge in [0.1, 0.15) is 12.2 Å². The van der Waals surface area contributed by atoms with Gasteiger partial charge in [-0.3, -0.25) is 4.79 Å². The Labute approximate surface area is 154 Å². The SMILES string of the molecule is O=C(Nc1ccc(CN2CCOC2=O)cc1)c1cc2cc(Cl)ccc2o1. The van der Waals surface area contributed by atoms with Gasteiger partial charge in [0, 0.05) is 22.6 Å². The molecule has 1 fully saturated rings. The summed E-state index contributed by atoms with van der Waals surface area (Å²) >= 11 is 5.95. The van der Waals surface area contributed by atoms with Crippen molar-refractivity contribution in [2.45, 2.75) is 6.54 Å². The lowest BCUT2D eigenvalue weighted by Gasteiger charge is -2.12. The van der Waals surface area contributed by atoms with Crippen molar-refractivity contribution >= 4 is 40.3 Å². The Morgan fingerprint density at radius 3 is 2.69 bits per heavy atom. The maximum absolute atomic E-state index is 12.4. The molecule has 6 nitrogen and oxygen atoms in total. The van der Waals surface area contributed by atoms with Crippen LogP contribution in [0.15, 0.2) is 52.9 Å². The van der Waals surface area contributed by atoms with Crippen LogP contribution >= 0.6 is 11.6 Å². The van der Waals surface area contributed by atoms with Gasteiger partial charge in [0.25, 0.3) is 5.91 Å². The maximum Gasteiger partial charge on any atom is 0.410 e. The second-order valence-electron chi connectivity index (χ2n) is 5.98. The van der Waals surface area contributed by atoms with Crippen LogP contribution in [0.2, 0.25) is 5.02 Å². The lowest BCUT2D eigenvalue weighted by molar-refractivity contribution is 0.0998. The van der Waals surface area contributed by atoms with E-state index in [9.17, 15) is 9.59 Å². The second-order valence-corrected chi connectivity index (χ2v) is 6.42. The topological polar surface area (TPSA) is 71.8 Å². The number of hydrogen-bond donors (Lipinski definition) is 1. The number of carbonyl (C=O) groups excluding carboxylic acids is 2. The highest BCUT2D eigenvalue weighted by atomic mass is 35.5. The van der Waals surface area contributed by atoms with E-state index in [0.717, 1.165) is 10.9 Å². The summed E-state index contributed by atoms with van der Waals surface area (Å²) in [5.74, 6) is -0.126. The number of nitrogens with one attached hydrogen (secondary N) is 1. The monoisotopic (exact) mass is 370 g/mol. The summed E-state index contributed by atoms with van der Waals surface area (Å²) in [5, 5.41) is 4.15. The zero-order valence-electron chi connectivity index (χ0n) is 13.7. The van der Waals surface area contributed by atoms with Gasteiger partial charge in [-0.05, 0) is 42.0 Å². The summed E-state index contributed by atoms with van der Waals surface area (Å²) in [5.41, 5.74) is 2.20. The quantitative estimate of drug-likeness (QED) is 0.743. The van der Waals surface area contributed by atoms with Crippen molar-refractivity contribution in [2.24, 2.45) is 0 Å². The average molecular weight is 371 g/mol. The van der Waals surface area contributed by atoms with Gasteiger partial charge in [0.15, 0.2) is 5.76 Å². The van der Waals surface area contributed by atoms with Crippen LogP contribution in [0.3, 0.4) is 0 Å². The minimum absolute atomic E-state index is 0.214. The van der Waals surface area contributed by atoms with Gasteiger partial charge in [-0.25, -0.2) is 4.79 Å². The molecular weight excluding hydrogens is 356 g/mol. The van der Waals surface area contributed by atoms with E-state index in [-0.39, 0.29) is 17.8 Å². The van der Waals surface area contributed by atoms with Crippen LogP contribution in [0.4, 0.5) is 10.5 Å². The van der Waals surface area contributed by atoms with Crippen LogP contribution in [0.1, 0.15) is 16.1 Å². The fourth-order valence-electron chi connectivity index (χ4n) is 2.80. The Balaban J connectivity index is 1.44. The van der Waals surface area contributed by atoms with Crippen LogP contribution in [0, 0.1) is 0 Å². The molecule has 0 radical (unpaired) electrons. The van der Waals surface area contributed by atoms with Crippen molar-refractivity contribution in [1.82, 2.24) is 4.90 Å². The summed E-state index contributed by atoms with van der Waals surface area (Å²) in [4.78, 5) is 25.5. The third-order valence-corrected chi connectivity index (χ3v) is 4.37. The standard InChI is InChI=1S/C19H15ClN2O4/c20-14-3-6-16-13(9-14)10-17(26-16)18(23)21-15-4-1-12(2-5-15)11-22-7-8-25-19(22)24/h1-6,9-10H,7-8,11H2,(H,21,23). The molecule has 7 heteroatoms. The Morgan fingerprint density at radius 1 is 1.15 bits per heavy atom. The minimum Gasteiger partial charge on any atom is -0.451 e. The molecule has 2 aromatic carbocycles. The van der Waals surface area contributed by atoms with Gasteiger partial charge in [0.05, 0.1) is 6.54 Å². The van der Waals surface area contributed by atoms with E-state index in [0.29, 0.717) is 36.0 Å². The molecule has 1 aromatic heterocycles. The first-order chi connectivity index (χ1) is 12.6. The largest absolute Gasteiger partial charge is 0.451 e.